The zero-order chi connectivity index (χ0) is 17.5. The van der Waals surface area contributed by atoms with Crippen LogP contribution in [0.3, 0.4) is 0 Å². The smallest absolute Gasteiger partial charge is 0.224 e. The quantitative estimate of drug-likeness (QED) is 0.920. The number of nitrogens with one attached hydrogen (secondary N) is 1. The van der Waals surface area contributed by atoms with E-state index >= 15 is 0 Å². The molecule has 2 atom stereocenters. The molecule has 1 aliphatic heterocycles. The van der Waals surface area contributed by atoms with Gasteiger partial charge in [-0.25, -0.2) is 8.42 Å². The molecule has 1 aromatic carbocycles. The lowest BCUT2D eigenvalue weighted by Crippen LogP contribution is -2.36. The molecule has 130 valence electrons. The van der Waals surface area contributed by atoms with Crippen molar-refractivity contribution < 1.29 is 17.6 Å². The molecule has 0 saturated carbocycles. The number of benzene rings is 1. The standard InChI is InChI=1S/C18H23NO4S/c1-11(2)16(19-18(20)13-8-9-24(21,22)10-13)17-12(3)14-6-4-5-7-15(14)23-17/h4-7,11,13,16H,8-10H2,1-3H3,(H,19,20)/t13-,16-/m0/s1. The highest BCUT2D eigenvalue weighted by molar-refractivity contribution is 7.91. The monoisotopic (exact) mass is 349 g/mol. The van der Waals surface area contributed by atoms with E-state index in [1.54, 1.807) is 0 Å². The Hall–Kier alpha value is -1.82. The summed E-state index contributed by atoms with van der Waals surface area (Å²) in [6, 6.07) is 7.52. The van der Waals surface area contributed by atoms with Gasteiger partial charge >= 0.3 is 0 Å². The summed E-state index contributed by atoms with van der Waals surface area (Å²) in [6.07, 6.45) is 0.401. The summed E-state index contributed by atoms with van der Waals surface area (Å²) in [4.78, 5) is 12.5. The van der Waals surface area contributed by atoms with Crippen LogP contribution in [0.5, 0.6) is 0 Å². The van der Waals surface area contributed by atoms with Gasteiger partial charge in [-0.15, -0.1) is 0 Å². The number of para-hydroxylation sites is 1. The molecule has 1 saturated heterocycles. The molecule has 1 amide bonds. The lowest BCUT2D eigenvalue weighted by atomic mass is 9.97. The average Bonchev–Trinajstić information content (AvgIpc) is 3.05. The summed E-state index contributed by atoms with van der Waals surface area (Å²) >= 11 is 0. The molecule has 1 N–H and O–H groups in total. The molecule has 0 bridgehead atoms. The van der Waals surface area contributed by atoms with Gasteiger partial charge in [-0.2, -0.15) is 0 Å². The second-order valence-electron chi connectivity index (χ2n) is 6.92. The largest absolute Gasteiger partial charge is 0.459 e. The summed E-state index contributed by atoms with van der Waals surface area (Å²) in [5.41, 5.74) is 1.82. The van der Waals surface area contributed by atoms with Gasteiger partial charge in [-0.05, 0) is 25.3 Å². The van der Waals surface area contributed by atoms with Crippen LogP contribution in [0.4, 0.5) is 0 Å². The predicted octanol–water partition coefficient (Wildman–Crippen LogP) is 2.99. The van der Waals surface area contributed by atoms with Crippen molar-refractivity contribution in [2.45, 2.75) is 33.2 Å². The first-order chi connectivity index (χ1) is 11.3. The van der Waals surface area contributed by atoms with Crippen molar-refractivity contribution in [2.24, 2.45) is 11.8 Å². The Morgan fingerprint density at radius 2 is 2.00 bits per heavy atom. The van der Waals surface area contributed by atoms with Gasteiger partial charge in [0.1, 0.15) is 11.3 Å². The molecule has 6 heteroatoms. The van der Waals surface area contributed by atoms with Gasteiger partial charge in [0.05, 0.1) is 23.5 Å². The van der Waals surface area contributed by atoms with E-state index in [0.717, 1.165) is 22.3 Å². The van der Waals surface area contributed by atoms with Crippen molar-refractivity contribution in [3.8, 4) is 0 Å². The van der Waals surface area contributed by atoms with Gasteiger partial charge < -0.3 is 9.73 Å². The van der Waals surface area contributed by atoms with E-state index in [4.69, 9.17) is 4.42 Å². The number of hydrogen-bond donors (Lipinski definition) is 1. The van der Waals surface area contributed by atoms with E-state index in [1.807, 2.05) is 45.0 Å². The van der Waals surface area contributed by atoms with Crippen LogP contribution in [0.2, 0.25) is 0 Å². The average molecular weight is 349 g/mol. The number of sulfone groups is 1. The minimum absolute atomic E-state index is 0.0528. The van der Waals surface area contributed by atoms with Crippen LogP contribution < -0.4 is 5.32 Å². The highest BCUT2D eigenvalue weighted by Crippen LogP contribution is 2.33. The number of rotatable bonds is 4. The molecule has 2 heterocycles. The van der Waals surface area contributed by atoms with Crippen molar-refractivity contribution in [1.82, 2.24) is 5.32 Å². The van der Waals surface area contributed by atoms with Crippen molar-refractivity contribution in [3.63, 3.8) is 0 Å². The van der Waals surface area contributed by atoms with Crippen LogP contribution in [0.1, 0.15) is 37.6 Å². The normalized spacial score (nSPS) is 21.2. The molecule has 24 heavy (non-hydrogen) atoms. The SMILES string of the molecule is Cc1c([C@@H](NC(=O)[C@H]2CCS(=O)(=O)C2)C(C)C)oc2ccccc12. The molecule has 1 fully saturated rings. The van der Waals surface area contributed by atoms with Crippen molar-refractivity contribution in [1.29, 1.82) is 0 Å². The molecule has 1 aliphatic rings. The van der Waals surface area contributed by atoms with E-state index in [9.17, 15) is 13.2 Å². The lowest BCUT2D eigenvalue weighted by molar-refractivity contribution is -0.125. The number of carbonyl (C=O) groups excluding carboxylic acids is 1. The molecule has 5 nitrogen and oxygen atoms in total. The summed E-state index contributed by atoms with van der Waals surface area (Å²) in [5, 5.41) is 4.05. The number of aryl methyl sites for hydroxylation is 1. The van der Waals surface area contributed by atoms with Gasteiger partial charge in [0.25, 0.3) is 0 Å². The fourth-order valence-electron chi connectivity index (χ4n) is 3.30. The van der Waals surface area contributed by atoms with E-state index in [1.165, 1.54) is 0 Å². The third kappa shape index (κ3) is 3.20. The molecule has 3 rings (SSSR count). The number of hydrogen-bond acceptors (Lipinski definition) is 4. The predicted molar refractivity (Wildman–Crippen MR) is 93.4 cm³/mol. The van der Waals surface area contributed by atoms with E-state index < -0.39 is 15.8 Å². The molecule has 0 radical (unpaired) electrons. The van der Waals surface area contributed by atoms with Crippen LogP contribution in [0.25, 0.3) is 11.0 Å². The second kappa shape index (κ2) is 6.24. The molecule has 0 unspecified atom stereocenters. The van der Waals surface area contributed by atoms with Gasteiger partial charge in [0, 0.05) is 10.9 Å². The Labute approximate surface area is 142 Å². The van der Waals surface area contributed by atoms with Gasteiger partial charge in [0.15, 0.2) is 9.84 Å². The first-order valence-corrected chi connectivity index (χ1v) is 10.1. The molecular formula is C18H23NO4S. The summed E-state index contributed by atoms with van der Waals surface area (Å²) in [7, 11) is -3.07. The van der Waals surface area contributed by atoms with E-state index in [0.29, 0.717) is 6.42 Å². The van der Waals surface area contributed by atoms with Gasteiger partial charge in [-0.1, -0.05) is 32.0 Å². The minimum Gasteiger partial charge on any atom is -0.459 e. The molecule has 0 aliphatic carbocycles. The third-order valence-corrected chi connectivity index (χ3v) is 6.50. The molecular weight excluding hydrogens is 326 g/mol. The topological polar surface area (TPSA) is 76.4 Å². The fraction of sp³-hybridized carbons (Fsp3) is 0.500. The number of furan rings is 1. The fourth-order valence-corrected chi connectivity index (χ4v) is 5.04. The Kier molecular flexibility index (Phi) is 4.42. The number of carbonyl (C=O) groups is 1. The van der Waals surface area contributed by atoms with Gasteiger partial charge in [0.2, 0.25) is 5.91 Å². The van der Waals surface area contributed by atoms with E-state index in [-0.39, 0.29) is 29.4 Å². The Balaban J connectivity index is 1.87. The highest BCUT2D eigenvalue weighted by Gasteiger charge is 2.35. The number of fused-ring (bicyclic) bond motifs is 1. The van der Waals surface area contributed by atoms with Crippen molar-refractivity contribution in [3.05, 3.63) is 35.6 Å². The number of amides is 1. The third-order valence-electron chi connectivity index (χ3n) is 4.73. The van der Waals surface area contributed by atoms with Crippen molar-refractivity contribution >= 4 is 26.7 Å². The van der Waals surface area contributed by atoms with Crippen LogP contribution in [-0.2, 0) is 14.6 Å². The Bertz CT molecular complexity index is 866. The van der Waals surface area contributed by atoms with Gasteiger partial charge in [-0.3, -0.25) is 4.79 Å². The van der Waals surface area contributed by atoms with E-state index in [2.05, 4.69) is 5.32 Å². The zero-order valence-corrected chi connectivity index (χ0v) is 15.0. The first kappa shape index (κ1) is 17.0. The Morgan fingerprint density at radius 1 is 1.29 bits per heavy atom. The lowest BCUT2D eigenvalue weighted by Gasteiger charge is -2.23. The van der Waals surface area contributed by atoms with Crippen LogP contribution in [0, 0.1) is 18.8 Å². The molecule has 1 aromatic heterocycles. The maximum Gasteiger partial charge on any atom is 0.224 e. The molecule has 0 spiro atoms. The zero-order valence-electron chi connectivity index (χ0n) is 14.2. The maximum absolute atomic E-state index is 12.5. The second-order valence-corrected chi connectivity index (χ2v) is 9.15. The summed E-state index contributed by atoms with van der Waals surface area (Å²) in [5.74, 6) is 0.270. The summed E-state index contributed by atoms with van der Waals surface area (Å²) in [6.45, 7) is 6.02. The van der Waals surface area contributed by atoms with Crippen LogP contribution in [0.15, 0.2) is 28.7 Å². The Morgan fingerprint density at radius 3 is 2.58 bits per heavy atom. The van der Waals surface area contributed by atoms with Crippen molar-refractivity contribution in [2.75, 3.05) is 11.5 Å². The summed E-state index contributed by atoms with van der Waals surface area (Å²) < 4.78 is 29.2. The highest BCUT2D eigenvalue weighted by atomic mass is 32.2. The van der Waals surface area contributed by atoms with Crippen LogP contribution in [-0.4, -0.2) is 25.8 Å². The first-order valence-electron chi connectivity index (χ1n) is 8.27. The van der Waals surface area contributed by atoms with Crippen LogP contribution >= 0.6 is 0 Å². The minimum atomic E-state index is -3.07. The molecule has 2 aromatic rings. The maximum atomic E-state index is 12.5.